The van der Waals surface area contributed by atoms with Gasteiger partial charge in [0.25, 0.3) is 0 Å². The molecule has 0 fully saturated rings. The van der Waals surface area contributed by atoms with Crippen LogP contribution in [-0.4, -0.2) is 5.11 Å². The van der Waals surface area contributed by atoms with Crippen molar-refractivity contribution in [2.45, 2.75) is 6.61 Å². The van der Waals surface area contributed by atoms with Crippen LogP contribution in [0.15, 0.2) is 28.9 Å². The fourth-order valence-corrected chi connectivity index (χ4v) is 1.22. The maximum Gasteiger partial charge on any atom is 0.137 e. The fourth-order valence-electron chi connectivity index (χ4n) is 1.22. The van der Waals surface area contributed by atoms with Gasteiger partial charge in [0.1, 0.15) is 11.4 Å². The highest BCUT2D eigenvalue weighted by Crippen LogP contribution is 2.23. The van der Waals surface area contributed by atoms with E-state index in [1.165, 1.54) is 12.3 Å². The third kappa shape index (κ3) is 0.905. The van der Waals surface area contributed by atoms with Crippen molar-refractivity contribution in [3.63, 3.8) is 0 Å². The smallest absolute Gasteiger partial charge is 0.137 e. The van der Waals surface area contributed by atoms with Gasteiger partial charge in [-0.25, -0.2) is 4.39 Å². The molecule has 0 spiro atoms. The standard InChI is InChI=1S/C9H7FO2/c10-7-2-1-3-8-9(7)6(4-11)5-12-8/h1-3,5,11H,4H2. The van der Waals surface area contributed by atoms with E-state index in [2.05, 4.69) is 0 Å². The molecule has 0 aliphatic heterocycles. The topological polar surface area (TPSA) is 33.4 Å². The molecule has 0 aliphatic rings. The minimum absolute atomic E-state index is 0.200. The molecule has 3 heteroatoms. The second-order valence-electron chi connectivity index (χ2n) is 2.53. The zero-order valence-electron chi connectivity index (χ0n) is 6.25. The molecule has 0 bridgehead atoms. The number of rotatable bonds is 1. The molecule has 1 N–H and O–H groups in total. The van der Waals surface area contributed by atoms with Gasteiger partial charge < -0.3 is 9.52 Å². The highest BCUT2D eigenvalue weighted by atomic mass is 19.1. The molecule has 0 radical (unpaired) electrons. The molecule has 2 rings (SSSR count). The second-order valence-corrected chi connectivity index (χ2v) is 2.53. The molecule has 12 heavy (non-hydrogen) atoms. The van der Waals surface area contributed by atoms with Crippen LogP contribution in [0.4, 0.5) is 4.39 Å². The Morgan fingerprint density at radius 1 is 1.42 bits per heavy atom. The van der Waals surface area contributed by atoms with Crippen molar-refractivity contribution >= 4 is 11.0 Å². The molecular formula is C9H7FO2. The lowest BCUT2D eigenvalue weighted by Gasteiger charge is -1.92. The molecular weight excluding hydrogens is 159 g/mol. The van der Waals surface area contributed by atoms with Gasteiger partial charge in [-0.1, -0.05) is 6.07 Å². The monoisotopic (exact) mass is 166 g/mol. The van der Waals surface area contributed by atoms with Crippen molar-refractivity contribution < 1.29 is 13.9 Å². The molecule has 1 heterocycles. The first-order valence-electron chi connectivity index (χ1n) is 3.58. The Bertz CT molecular complexity index is 406. The number of halogens is 1. The summed E-state index contributed by atoms with van der Waals surface area (Å²) in [5, 5.41) is 9.20. The van der Waals surface area contributed by atoms with Crippen molar-refractivity contribution in [2.75, 3.05) is 0 Å². The summed E-state index contributed by atoms with van der Waals surface area (Å²) in [7, 11) is 0. The minimum atomic E-state index is -0.356. The SMILES string of the molecule is OCc1coc2cccc(F)c12. The van der Waals surface area contributed by atoms with Crippen LogP contribution in [0.5, 0.6) is 0 Å². The van der Waals surface area contributed by atoms with E-state index in [0.717, 1.165) is 0 Å². The summed E-state index contributed by atoms with van der Waals surface area (Å²) in [5.41, 5.74) is 0.960. The Balaban J connectivity index is 2.83. The molecule has 0 unspecified atom stereocenters. The van der Waals surface area contributed by atoms with Gasteiger partial charge in [0.15, 0.2) is 0 Å². The van der Waals surface area contributed by atoms with Crippen molar-refractivity contribution in [1.82, 2.24) is 0 Å². The first kappa shape index (κ1) is 7.31. The summed E-state index contributed by atoms with van der Waals surface area (Å²) in [6.45, 7) is -0.200. The quantitative estimate of drug-likeness (QED) is 0.703. The van der Waals surface area contributed by atoms with Crippen molar-refractivity contribution in [3.8, 4) is 0 Å². The highest BCUT2D eigenvalue weighted by molar-refractivity contribution is 5.81. The zero-order valence-corrected chi connectivity index (χ0v) is 6.25. The van der Waals surface area contributed by atoms with Crippen LogP contribution in [0.25, 0.3) is 11.0 Å². The largest absolute Gasteiger partial charge is 0.464 e. The molecule has 1 aromatic heterocycles. The Morgan fingerprint density at radius 2 is 2.25 bits per heavy atom. The number of hydrogen-bond donors (Lipinski definition) is 1. The van der Waals surface area contributed by atoms with Crippen molar-refractivity contribution in [3.05, 3.63) is 35.8 Å². The average molecular weight is 166 g/mol. The van der Waals surface area contributed by atoms with Crippen LogP contribution < -0.4 is 0 Å². The normalized spacial score (nSPS) is 10.8. The van der Waals surface area contributed by atoms with Gasteiger partial charge in [0.2, 0.25) is 0 Å². The Kier molecular flexibility index (Phi) is 1.59. The number of furan rings is 1. The zero-order chi connectivity index (χ0) is 8.55. The maximum absolute atomic E-state index is 13.1. The van der Waals surface area contributed by atoms with E-state index in [9.17, 15) is 4.39 Å². The van der Waals surface area contributed by atoms with Crippen LogP contribution in [0, 0.1) is 5.82 Å². The Morgan fingerprint density at radius 3 is 3.00 bits per heavy atom. The van der Waals surface area contributed by atoms with E-state index in [1.54, 1.807) is 12.1 Å². The Labute approximate surface area is 68.2 Å². The minimum Gasteiger partial charge on any atom is -0.464 e. The molecule has 0 saturated carbocycles. The van der Waals surface area contributed by atoms with Gasteiger partial charge in [-0.15, -0.1) is 0 Å². The summed E-state index contributed by atoms with van der Waals surface area (Å²) in [4.78, 5) is 0. The molecule has 0 amide bonds. The number of benzene rings is 1. The molecule has 2 aromatic rings. The van der Waals surface area contributed by atoms with Gasteiger partial charge in [0.05, 0.1) is 18.3 Å². The fraction of sp³-hybridized carbons (Fsp3) is 0.111. The van der Waals surface area contributed by atoms with Crippen LogP contribution >= 0.6 is 0 Å². The molecule has 2 nitrogen and oxygen atoms in total. The van der Waals surface area contributed by atoms with Crippen LogP contribution in [0.3, 0.4) is 0 Å². The van der Waals surface area contributed by atoms with E-state index in [1.807, 2.05) is 0 Å². The summed E-state index contributed by atoms with van der Waals surface area (Å²) < 4.78 is 18.1. The van der Waals surface area contributed by atoms with Crippen LogP contribution in [0.1, 0.15) is 5.56 Å². The summed E-state index contributed by atoms with van der Waals surface area (Å²) >= 11 is 0. The molecule has 1 aromatic carbocycles. The third-order valence-electron chi connectivity index (χ3n) is 1.79. The maximum atomic E-state index is 13.1. The van der Waals surface area contributed by atoms with Crippen LogP contribution in [-0.2, 0) is 6.61 Å². The molecule has 0 saturated heterocycles. The lowest BCUT2D eigenvalue weighted by Crippen LogP contribution is -1.82. The summed E-state index contributed by atoms with van der Waals surface area (Å²) in [6, 6.07) is 4.58. The third-order valence-corrected chi connectivity index (χ3v) is 1.79. The van der Waals surface area contributed by atoms with E-state index >= 15 is 0 Å². The number of aliphatic hydroxyl groups excluding tert-OH is 1. The van der Waals surface area contributed by atoms with Crippen LogP contribution in [0.2, 0.25) is 0 Å². The number of aliphatic hydroxyl groups is 1. The predicted molar refractivity (Wildman–Crippen MR) is 42.1 cm³/mol. The van der Waals surface area contributed by atoms with E-state index in [-0.39, 0.29) is 12.4 Å². The molecule has 0 aliphatic carbocycles. The number of hydrogen-bond acceptors (Lipinski definition) is 2. The van der Waals surface area contributed by atoms with Gasteiger partial charge in [0, 0.05) is 5.56 Å². The van der Waals surface area contributed by atoms with E-state index in [0.29, 0.717) is 16.5 Å². The summed E-state index contributed by atoms with van der Waals surface area (Å²) in [6.07, 6.45) is 1.37. The average Bonchev–Trinajstić information content (AvgIpc) is 2.49. The van der Waals surface area contributed by atoms with Crippen molar-refractivity contribution in [2.24, 2.45) is 0 Å². The molecule has 0 atom stereocenters. The molecule has 62 valence electrons. The van der Waals surface area contributed by atoms with Gasteiger partial charge >= 0.3 is 0 Å². The summed E-state index contributed by atoms with van der Waals surface area (Å²) in [5.74, 6) is -0.356. The lowest BCUT2D eigenvalue weighted by molar-refractivity contribution is 0.281. The lowest BCUT2D eigenvalue weighted by atomic mass is 10.2. The first-order valence-corrected chi connectivity index (χ1v) is 3.58. The van der Waals surface area contributed by atoms with E-state index in [4.69, 9.17) is 9.52 Å². The van der Waals surface area contributed by atoms with E-state index < -0.39 is 0 Å². The first-order chi connectivity index (χ1) is 5.83. The Hall–Kier alpha value is -1.35. The van der Waals surface area contributed by atoms with Gasteiger partial charge in [-0.3, -0.25) is 0 Å². The predicted octanol–water partition coefficient (Wildman–Crippen LogP) is 2.06. The second kappa shape index (κ2) is 2.60. The van der Waals surface area contributed by atoms with Gasteiger partial charge in [-0.05, 0) is 12.1 Å². The number of fused-ring (bicyclic) bond motifs is 1. The van der Waals surface area contributed by atoms with Gasteiger partial charge in [-0.2, -0.15) is 0 Å². The van der Waals surface area contributed by atoms with Crippen molar-refractivity contribution in [1.29, 1.82) is 0 Å². The highest BCUT2D eigenvalue weighted by Gasteiger charge is 2.08.